The Balaban J connectivity index is 1.74. The van der Waals surface area contributed by atoms with Crippen LogP contribution in [0.25, 0.3) is 0 Å². The first-order chi connectivity index (χ1) is 15.8. The minimum atomic E-state index is -0.734. The van der Waals surface area contributed by atoms with Gasteiger partial charge < -0.3 is 14.2 Å². The lowest BCUT2D eigenvalue weighted by Gasteiger charge is -2.36. The SMILES string of the molecule is COc1ccc(C(OCCCC2=CC=CC2)(c2ccccc2)c2ccc(OC)cc2)cc1. The molecule has 1 aliphatic rings. The van der Waals surface area contributed by atoms with Crippen LogP contribution in [-0.2, 0) is 10.3 Å². The highest BCUT2D eigenvalue weighted by Gasteiger charge is 2.37. The van der Waals surface area contributed by atoms with E-state index in [1.807, 2.05) is 30.3 Å². The van der Waals surface area contributed by atoms with E-state index in [-0.39, 0.29) is 0 Å². The number of methoxy groups -OCH3 is 2. The molecule has 0 aliphatic heterocycles. The molecule has 0 bridgehead atoms. The standard InChI is InChI=1S/C29H30O3/c1-30-27-18-14-25(15-19-27)29(24-12-4-3-5-13-24,26-16-20-28(31-2)21-17-26)32-22-8-11-23-9-6-7-10-23/h3-7,9,12-21H,8,10-11,22H2,1-2H3. The number of benzene rings is 3. The monoisotopic (exact) mass is 426 g/mol. The normalized spacial score (nSPS) is 13.1. The molecular formula is C29H30O3. The lowest BCUT2D eigenvalue weighted by Crippen LogP contribution is -2.33. The molecule has 0 aromatic heterocycles. The maximum absolute atomic E-state index is 6.87. The quantitative estimate of drug-likeness (QED) is 0.267. The van der Waals surface area contributed by atoms with Gasteiger partial charge in [-0.05, 0) is 60.2 Å². The van der Waals surface area contributed by atoms with Crippen molar-refractivity contribution in [2.24, 2.45) is 0 Å². The minimum Gasteiger partial charge on any atom is -0.497 e. The van der Waals surface area contributed by atoms with Gasteiger partial charge in [0, 0.05) is 6.61 Å². The summed E-state index contributed by atoms with van der Waals surface area (Å²) in [7, 11) is 3.37. The first-order valence-corrected chi connectivity index (χ1v) is 11.1. The number of hydrogen-bond donors (Lipinski definition) is 0. The summed E-state index contributed by atoms with van der Waals surface area (Å²) in [6.45, 7) is 0.643. The Morgan fingerprint density at radius 1 is 0.719 bits per heavy atom. The van der Waals surface area contributed by atoms with Gasteiger partial charge in [0.05, 0.1) is 14.2 Å². The fourth-order valence-electron chi connectivity index (χ4n) is 4.28. The maximum Gasteiger partial charge on any atom is 0.143 e. The third-order valence-electron chi connectivity index (χ3n) is 5.98. The van der Waals surface area contributed by atoms with E-state index in [0.29, 0.717) is 6.61 Å². The topological polar surface area (TPSA) is 27.7 Å². The van der Waals surface area contributed by atoms with Gasteiger partial charge in [0.2, 0.25) is 0 Å². The van der Waals surface area contributed by atoms with Crippen molar-refractivity contribution in [1.29, 1.82) is 0 Å². The Kier molecular flexibility index (Phi) is 7.08. The first-order valence-electron chi connectivity index (χ1n) is 11.1. The zero-order valence-electron chi connectivity index (χ0n) is 18.8. The van der Waals surface area contributed by atoms with Gasteiger partial charge in [0.15, 0.2) is 0 Å². The largest absolute Gasteiger partial charge is 0.497 e. The molecule has 3 aromatic rings. The van der Waals surface area contributed by atoms with Gasteiger partial charge >= 0.3 is 0 Å². The molecular weight excluding hydrogens is 396 g/mol. The van der Waals surface area contributed by atoms with Crippen molar-refractivity contribution >= 4 is 0 Å². The second kappa shape index (κ2) is 10.3. The number of hydrogen-bond acceptors (Lipinski definition) is 3. The van der Waals surface area contributed by atoms with Crippen molar-refractivity contribution in [1.82, 2.24) is 0 Å². The lowest BCUT2D eigenvalue weighted by molar-refractivity contribution is 0.0116. The molecule has 0 radical (unpaired) electrons. The van der Waals surface area contributed by atoms with Crippen LogP contribution in [0, 0.1) is 0 Å². The molecule has 3 heteroatoms. The summed E-state index contributed by atoms with van der Waals surface area (Å²) in [5.41, 5.74) is 3.96. The van der Waals surface area contributed by atoms with Crippen molar-refractivity contribution in [3.8, 4) is 11.5 Å². The Labute approximate surface area is 191 Å². The summed E-state index contributed by atoms with van der Waals surface area (Å²) in [6.07, 6.45) is 9.63. The van der Waals surface area contributed by atoms with Crippen molar-refractivity contribution < 1.29 is 14.2 Å². The Bertz CT molecular complexity index is 1000. The van der Waals surface area contributed by atoms with Crippen LogP contribution in [0.5, 0.6) is 11.5 Å². The van der Waals surface area contributed by atoms with E-state index < -0.39 is 5.60 Å². The molecule has 1 aliphatic carbocycles. The highest BCUT2D eigenvalue weighted by molar-refractivity contribution is 5.49. The lowest BCUT2D eigenvalue weighted by atomic mass is 9.80. The van der Waals surface area contributed by atoms with Crippen molar-refractivity contribution in [2.75, 3.05) is 20.8 Å². The van der Waals surface area contributed by atoms with Crippen LogP contribution in [0.1, 0.15) is 36.0 Å². The Morgan fingerprint density at radius 3 is 1.78 bits per heavy atom. The van der Waals surface area contributed by atoms with Crippen LogP contribution in [0.15, 0.2) is 103 Å². The van der Waals surface area contributed by atoms with Gasteiger partial charge in [-0.1, -0.05) is 78.4 Å². The summed E-state index contributed by atoms with van der Waals surface area (Å²) in [5, 5.41) is 0. The average molecular weight is 427 g/mol. The third kappa shape index (κ3) is 4.63. The van der Waals surface area contributed by atoms with Gasteiger partial charge in [0.1, 0.15) is 17.1 Å². The zero-order valence-corrected chi connectivity index (χ0v) is 18.8. The molecule has 0 saturated carbocycles. The number of rotatable bonds is 10. The van der Waals surface area contributed by atoms with Gasteiger partial charge in [-0.2, -0.15) is 0 Å². The van der Waals surface area contributed by atoms with Crippen molar-refractivity contribution in [2.45, 2.75) is 24.9 Å². The van der Waals surface area contributed by atoms with Gasteiger partial charge in [-0.3, -0.25) is 0 Å². The van der Waals surface area contributed by atoms with Crippen LogP contribution in [0.2, 0.25) is 0 Å². The molecule has 164 valence electrons. The molecule has 0 amide bonds. The van der Waals surface area contributed by atoms with E-state index in [1.54, 1.807) is 14.2 Å². The first kappa shape index (κ1) is 21.9. The van der Waals surface area contributed by atoms with Crippen LogP contribution >= 0.6 is 0 Å². The summed E-state index contributed by atoms with van der Waals surface area (Å²) in [4.78, 5) is 0. The second-order valence-corrected chi connectivity index (χ2v) is 7.91. The Hall–Kier alpha value is -3.30. The molecule has 32 heavy (non-hydrogen) atoms. The number of allylic oxidation sites excluding steroid dienone is 4. The summed E-state index contributed by atoms with van der Waals surface area (Å²) < 4.78 is 17.7. The van der Waals surface area contributed by atoms with Gasteiger partial charge in [-0.25, -0.2) is 0 Å². The van der Waals surface area contributed by atoms with E-state index in [1.165, 1.54) is 5.57 Å². The smallest absolute Gasteiger partial charge is 0.143 e. The second-order valence-electron chi connectivity index (χ2n) is 7.91. The molecule has 3 aromatic carbocycles. The fourth-order valence-corrected chi connectivity index (χ4v) is 4.28. The summed E-state index contributed by atoms with van der Waals surface area (Å²) >= 11 is 0. The summed E-state index contributed by atoms with van der Waals surface area (Å²) in [5.74, 6) is 1.65. The van der Waals surface area contributed by atoms with E-state index >= 15 is 0 Å². The molecule has 3 nitrogen and oxygen atoms in total. The van der Waals surface area contributed by atoms with Gasteiger partial charge in [0.25, 0.3) is 0 Å². The summed E-state index contributed by atoms with van der Waals surface area (Å²) in [6, 6.07) is 26.8. The van der Waals surface area contributed by atoms with Gasteiger partial charge in [-0.15, -0.1) is 0 Å². The molecule has 0 heterocycles. The van der Waals surface area contributed by atoms with E-state index in [0.717, 1.165) is 47.5 Å². The Morgan fingerprint density at radius 2 is 1.28 bits per heavy atom. The van der Waals surface area contributed by atoms with Crippen molar-refractivity contribution in [3.63, 3.8) is 0 Å². The predicted octanol–water partition coefficient (Wildman–Crippen LogP) is 6.68. The maximum atomic E-state index is 6.87. The van der Waals surface area contributed by atoms with E-state index in [4.69, 9.17) is 14.2 Å². The van der Waals surface area contributed by atoms with Crippen LogP contribution in [-0.4, -0.2) is 20.8 Å². The number of ether oxygens (including phenoxy) is 3. The molecule has 0 atom stereocenters. The average Bonchev–Trinajstić information content (AvgIpc) is 3.39. The van der Waals surface area contributed by atoms with Crippen LogP contribution < -0.4 is 9.47 Å². The third-order valence-corrected chi connectivity index (χ3v) is 5.98. The molecule has 4 rings (SSSR count). The molecule has 0 N–H and O–H groups in total. The fraction of sp³-hybridized carbons (Fsp3) is 0.241. The van der Waals surface area contributed by atoms with E-state index in [9.17, 15) is 0 Å². The highest BCUT2D eigenvalue weighted by atomic mass is 16.5. The van der Waals surface area contributed by atoms with Crippen molar-refractivity contribution in [3.05, 3.63) is 119 Å². The van der Waals surface area contributed by atoms with E-state index in [2.05, 4.69) is 66.8 Å². The predicted molar refractivity (Wildman–Crippen MR) is 129 cm³/mol. The molecule has 0 unspecified atom stereocenters. The molecule has 0 spiro atoms. The molecule has 0 fully saturated rings. The molecule has 0 saturated heterocycles. The highest BCUT2D eigenvalue weighted by Crippen LogP contribution is 2.41. The zero-order chi connectivity index (χ0) is 22.2. The van der Waals surface area contributed by atoms with Crippen LogP contribution in [0.4, 0.5) is 0 Å². The van der Waals surface area contributed by atoms with Crippen LogP contribution in [0.3, 0.4) is 0 Å². The minimum absolute atomic E-state index is 0.643.